The van der Waals surface area contributed by atoms with Gasteiger partial charge in [0.2, 0.25) is 0 Å². The summed E-state index contributed by atoms with van der Waals surface area (Å²) in [6.45, 7) is 2.56. The Hall–Kier alpha value is -2.80. The number of hydrogen-bond acceptors (Lipinski definition) is 5. The van der Waals surface area contributed by atoms with Crippen LogP contribution in [-0.4, -0.2) is 40.0 Å². The first kappa shape index (κ1) is 14.8. The van der Waals surface area contributed by atoms with Gasteiger partial charge in [-0.1, -0.05) is 0 Å². The second-order valence-electron chi connectivity index (χ2n) is 5.77. The van der Waals surface area contributed by atoms with Crippen LogP contribution >= 0.6 is 0 Å². The third kappa shape index (κ3) is 2.98. The molecule has 1 aliphatic heterocycles. The van der Waals surface area contributed by atoms with Crippen molar-refractivity contribution in [1.29, 1.82) is 0 Å². The lowest BCUT2D eigenvalue weighted by molar-refractivity contribution is 0.469. The Morgan fingerprint density at radius 1 is 1.08 bits per heavy atom. The normalized spacial score (nSPS) is 17.9. The largest absolute Gasteiger partial charge is 0.352 e. The van der Waals surface area contributed by atoms with Gasteiger partial charge in [-0.25, -0.2) is 4.39 Å². The molecule has 1 aromatic carbocycles. The van der Waals surface area contributed by atoms with E-state index >= 15 is 0 Å². The molecular formula is C17H17FN6. The van der Waals surface area contributed by atoms with Crippen LogP contribution in [0.3, 0.4) is 0 Å². The Kier molecular flexibility index (Phi) is 3.92. The number of anilines is 1. The smallest absolute Gasteiger partial charge is 0.151 e. The van der Waals surface area contributed by atoms with Crippen LogP contribution in [-0.2, 0) is 0 Å². The van der Waals surface area contributed by atoms with Crippen molar-refractivity contribution in [3.8, 4) is 11.3 Å². The first-order valence-corrected chi connectivity index (χ1v) is 7.86. The molecule has 1 aliphatic rings. The molecule has 24 heavy (non-hydrogen) atoms. The maximum Gasteiger partial charge on any atom is 0.151 e. The number of piperazine rings is 1. The second-order valence-corrected chi connectivity index (χ2v) is 5.77. The standard InChI is InChI=1S/C17H17FN6/c18-14-3-1-12(2-4-14)15-5-6-17(23-22-15)24-8-7-19-16(11-24)13-9-20-21-10-13/h1-6,9-10,16,19H,7-8,11H2,(H,20,21). The van der Waals surface area contributed by atoms with E-state index in [9.17, 15) is 4.39 Å². The number of aromatic nitrogens is 4. The fraction of sp³-hybridized carbons (Fsp3) is 0.235. The molecule has 3 aromatic rings. The zero-order chi connectivity index (χ0) is 16.4. The highest BCUT2D eigenvalue weighted by atomic mass is 19.1. The van der Waals surface area contributed by atoms with Crippen LogP contribution in [0.2, 0.25) is 0 Å². The first-order chi connectivity index (χ1) is 11.8. The number of rotatable bonds is 3. The molecule has 7 heteroatoms. The quantitative estimate of drug-likeness (QED) is 0.773. The van der Waals surface area contributed by atoms with E-state index in [4.69, 9.17) is 0 Å². The van der Waals surface area contributed by atoms with Crippen LogP contribution < -0.4 is 10.2 Å². The van der Waals surface area contributed by atoms with Crippen molar-refractivity contribution < 1.29 is 4.39 Å². The summed E-state index contributed by atoms with van der Waals surface area (Å²) in [5, 5.41) is 19.0. The number of hydrogen-bond donors (Lipinski definition) is 2. The van der Waals surface area contributed by atoms with E-state index in [0.717, 1.165) is 42.3 Å². The number of halogens is 1. The molecule has 0 amide bonds. The second kappa shape index (κ2) is 6.37. The van der Waals surface area contributed by atoms with Gasteiger partial charge in [0.05, 0.1) is 17.9 Å². The molecule has 0 spiro atoms. The molecule has 6 nitrogen and oxygen atoms in total. The van der Waals surface area contributed by atoms with Crippen LogP contribution in [0.4, 0.5) is 10.2 Å². The van der Waals surface area contributed by atoms with Gasteiger partial charge in [0, 0.05) is 37.0 Å². The fourth-order valence-electron chi connectivity index (χ4n) is 2.90. The molecule has 0 aliphatic carbocycles. The zero-order valence-electron chi connectivity index (χ0n) is 13.0. The molecule has 0 bridgehead atoms. The summed E-state index contributed by atoms with van der Waals surface area (Å²) in [4.78, 5) is 2.20. The molecule has 4 rings (SSSR count). The number of nitrogens with one attached hydrogen (secondary N) is 2. The Balaban J connectivity index is 1.51. The Morgan fingerprint density at radius 3 is 2.67 bits per heavy atom. The Labute approximate surface area is 138 Å². The molecule has 1 fully saturated rings. The summed E-state index contributed by atoms with van der Waals surface area (Å²) in [7, 11) is 0. The van der Waals surface area contributed by atoms with E-state index in [-0.39, 0.29) is 11.9 Å². The van der Waals surface area contributed by atoms with Crippen molar-refractivity contribution in [1.82, 2.24) is 25.7 Å². The van der Waals surface area contributed by atoms with E-state index in [2.05, 4.69) is 30.6 Å². The molecular weight excluding hydrogens is 307 g/mol. The Morgan fingerprint density at radius 2 is 1.96 bits per heavy atom. The molecule has 1 saturated heterocycles. The van der Waals surface area contributed by atoms with E-state index in [1.807, 2.05) is 24.5 Å². The summed E-state index contributed by atoms with van der Waals surface area (Å²) < 4.78 is 13.0. The van der Waals surface area contributed by atoms with Gasteiger partial charge in [0.25, 0.3) is 0 Å². The Bertz CT molecular complexity index is 785. The van der Waals surface area contributed by atoms with Crippen molar-refractivity contribution in [2.24, 2.45) is 0 Å². The molecule has 0 radical (unpaired) electrons. The molecule has 1 atom stereocenters. The first-order valence-electron chi connectivity index (χ1n) is 7.86. The van der Waals surface area contributed by atoms with Crippen molar-refractivity contribution >= 4 is 5.82 Å². The summed E-state index contributed by atoms with van der Waals surface area (Å²) >= 11 is 0. The van der Waals surface area contributed by atoms with Crippen molar-refractivity contribution in [3.05, 3.63) is 60.2 Å². The zero-order valence-corrected chi connectivity index (χ0v) is 13.0. The maximum absolute atomic E-state index is 13.0. The van der Waals surface area contributed by atoms with Gasteiger partial charge >= 0.3 is 0 Å². The van der Waals surface area contributed by atoms with Gasteiger partial charge in [-0.15, -0.1) is 10.2 Å². The van der Waals surface area contributed by atoms with Crippen molar-refractivity contribution in [2.45, 2.75) is 6.04 Å². The van der Waals surface area contributed by atoms with Crippen LogP contribution in [0.1, 0.15) is 11.6 Å². The lowest BCUT2D eigenvalue weighted by Gasteiger charge is -2.33. The third-order valence-electron chi connectivity index (χ3n) is 4.21. The van der Waals surface area contributed by atoms with Gasteiger partial charge in [-0.05, 0) is 36.4 Å². The van der Waals surface area contributed by atoms with Gasteiger partial charge in [0.1, 0.15) is 5.82 Å². The van der Waals surface area contributed by atoms with Crippen LogP contribution in [0.5, 0.6) is 0 Å². The summed E-state index contributed by atoms with van der Waals surface area (Å²) in [6, 6.07) is 10.4. The minimum atomic E-state index is -0.255. The highest BCUT2D eigenvalue weighted by molar-refractivity contribution is 5.59. The number of aromatic amines is 1. The predicted octanol–water partition coefficient (Wildman–Crippen LogP) is 2.16. The maximum atomic E-state index is 13.0. The lowest BCUT2D eigenvalue weighted by Crippen LogP contribution is -2.46. The topological polar surface area (TPSA) is 69.7 Å². The SMILES string of the molecule is Fc1ccc(-c2ccc(N3CCNC(c4cn[nH]c4)C3)nn2)cc1. The number of nitrogens with zero attached hydrogens (tertiary/aromatic N) is 4. The minimum absolute atomic E-state index is 0.219. The fourth-order valence-corrected chi connectivity index (χ4v) is 2.90. The van der Waals surface area contributed by atoms with Crippen molar-refractivity contribution in [3.63, 3.8) is 0 Å². The van der Waals surface area contributed by atoms with E-state index in [1.165, 1.54) is 12.1 Å². The van der Waals surface area contributed by atoms with Crippen LogP contribution in [0, 0.1) is 5.82 Å². The summed E-state index contributed by atoms with van der Waals surface area (Å²) in [6.07, 6.45) is 3.74. The minimum Gasteiger partial charge on any atom is -0.352 e. The molecule has 2 aromatic heterocycles. The summed E-state index contributed by atoms with van der Waals surface area (Å²) in [5.41, 5.74) is 2.72. The lowest BCUT2D eigenvalue weighted by atomic mass is 10.1. The van der Waals surface area contributed by atoms with E-state index in [1.54, 1.807) is 12.1 Å². The van der Waals surface area contributed by atoms with E-state index < -0.39 is 0 Å². The van der Waals surface area contributed by atoms with Crippen molar-refractivity contribution in [2.75, 3.05) is 24.5 Å². The van der Waals surface area contributed by atoms with Gasteiger partial charge in [-0.2, -0.15) is 5.10 Å². The average Bonchev–Trinajstić information content (AvgIpc) is 3.17. The number of H-pyrrole nitrogens is 1. The predicted molar refractivity (Wildman–Crippen MR) is 89.0 cm³/mol. The highest BCUT2D eigenvalue weighted by Crippen LogP contribution is 2.22. The van der Waals surface area contributed by atoms with Crippen LogP contribution in [0.15, 0.2) is 48.8 Å². The summed E-state index contributed by atoms with van der Waals surface area (Å²) in [5.74, 6) is 0.588. The molecule has 2 N–H and O–H groups in total. The van der Waals surface area contributed by atoms with E-state index in [0.29, 0.717) is 0 Å². The molecule has 0 saturated carbocycles. The van der Waals surface area contributed by atoms with Gasteiger partial charge in [-0.3, -0.25) is 5.10 Å². The molecule has 122 valence electrons. The van der Waals surface area contributed by atoms with Crippen LogP contribution in [0.25, 0.3) is 11.3 Å². The highest BCUT2D eigenvalue weighted by Gasteiger charge is 2.22. The monoisotopic (exact) mass is 324 g/mol. The average molecular weight is 324 g/mol. The molecule has 3 heterocycles. The van der Waals surface area contributed by atoms with Gasteiger partial charge < -0.3 is 10.2 Å². The van der Waals surface area contributed by atoms with Gasteiger partial charge in [0.15, 0.2) is 5.82 Å². The third-order valence-corrected chi connectivity index (χ3v) is 4.21. The number of benzene rings is 1. The molecule has 1 unspecified atom stereocenters.